The molecule has 3 atom stereocenters. The number of rotatable bonds is 10. The topological polar surface area (TPSA) is 89.1 Å². The summed E-state index contributed by atoms with van der Waals surface area (Å²) in [6.45, 7) is 30.4. The normalized spacial score (nSPS) is 21.3. The van der Waals surface area contributed by atoms with Crippen molar-refractivity contribution in [1.29, 1.82) is 0 Å². The van der Waals surface area contributed by atoms with Crippen LogP contribution in [0.5, 0.6) is 0 Å². The molecular weight excluding hydrogens is 493 g/mol. The highest BCUT2D eigenvalue weighted by molar-refractivity contribution is 7.90. The van der Waals surface area contributed by atoms with E-state index >= 15 is 0 Å². The monoisotopic (exact) mass is 547 g/mol. The first-order valence-corrected chi connectivity index (χ1v) is 17.3. The largest absolute Gasteiger partial charge is 0.598 e. The van der Waals surface area contributed by atoms with Gasteiger partial charge in [-0.2, -0.15) is 0 Å². The summed E-state index contributed by atoms with van der Waals surface area (Å²) in [5.41, 5.74) is -1.57. The number of carbonyl (C=O) groups excluding carboxylic acids is 1. The number of carbonyl (C=O) groups is 1. The van der Waals surface area contributed by atoms with E-state index < -0.39 is 48.3 Å². The molecule has 212 valence electrons. The van der Waals surface area contributed by atoms with Crippen molar-refractivity contribution in [2.24, 2.45) is 0 Å². The molecule has 0 aromatic carbocycles. The zero-order chi connectivity index (χ0) is 28.5. The van der Waals surface area contributed by atoms with Crippen molar-refractivity contribution in [2.75, 3.05) is 0 Å². The number of hydrogen-bond donors (Lipinski definition) is 1. The molecule has 0 radical (unpaired) electrons. The molecule has 1 rings (SSSR count). The smallest absolute Gasteiger partial charge is 0.480 e. The van der Waals surface area contributed by atoms with Crippen molar-refractivity contribution >= 4 is 32.8 Å². The molecule has 0 bridgehead atoms. The second kappa shape index (κ2) is 11.6. The van der Waals surface area contributed by atoms with Crippen LogP contribution in [0.25, 0.3) is 0 Å². The number of esters is 1. The molecule has 1 aliphatic rings. The van der Waals surface area contributed by atoms with Crippen LogP contribution in [-0.2, 0) is 34.6 Å². The Morgan fingerprint density at radius 1 is 0.972 bits per heavy atom. The van der Waals surface area contributed by atoms with Crippen LogP contribution >= 0.6 is 0 Å². The van der Waals surface area contributed by atoms with Crippen molar-refractivity contribution in [2.45, 2.75) is 161 Å². The minimum absolute atomic E-state index is 0.00368. The van der Waals surface area contributed by atoms with Crippen molar-refractivity contribution in [3.63, 3.8) is 0 Å². The molecule has 0 aromatic heterocycles. The van der Waals surface area contributed by atoms with E-state index in [2.05, 4.69) is 38.6 Å². The predicted molar refractivity (Wildman–Crippen MR) is 153 cm³/mol. The van der Waals surface area contributed by atoms with Gasteiger partial charge in [0.25, 0.3) is 0 Å². The van der Waals surface area contributed by atoms with Gasteiger partial charge in [0, 0.05) is 11.4 Å². The third-order valence-corrected chi connectivity index (χ3v) is 13.5. The maximum Gasteiger partial charge on any atom is 0.480 e. The van der Waals surface area contributed by atoms with Crippen LogP contribution < -0.4 is 4.72 Å². The average Bonchev–Trinajstić information content (AvgIpc) is 2.81. The lowest BCUT2D eigenvalue weighted by Crippen LogP contribution is -2.53. The molecule has 1 aliphatic heterocycles. The second-order valence-corrected chi connectivity index (χ2v) is 21.4. The Labute approximate surface area is 226 Å². The third-order valence-electron chi connectivity index (χ3n) is 7.30. The van der Waals surface area contributed by atoms with Crippen LogP contribution in [0.15, 0.2) is 0 Å². The molecule has 1 fully saturated rings. The standard InChI is InChI=1S/C26H54BNO6SSi/c1-22(2,3)31-21(29)18-19(32-36(14,15)24(7,8)9)16-17-20(28-35(30)23(4,5)6)27-33-25(10,11)26(12,13)34-27/h19-20,28H,16-18H2,1-15H3/t19-,20?,35?/m0/s1. The number of hydrogen-bond acceptors (Lipinski definition) is 7. The van der Waals surface area contributed by atoms with Crippen LogP contribution in [0, 0.1) is 0 Å². The second-order valence-electron chi connectivity index (χ2n) is 14.6. The van der Waals surface area contributed by atoms with Gasteiger partial charge in [0.2, 0.25) is 0 Å². The summed E-state index contributed by atoms with van der Waals surface area (Å²) < 4.78 is 40.9. The van der Waals surface area contributed by atoms with E-state index in [0.29, 0.717) is 12.8 Å². The Morgan fingerprint density at radius 2 is 1.44 bits per heavy atom. The molecule has 2 unspecified atom stereocenters. The summed E-state index contributed by atoms with van der Waals surface area (Å²) in [5.74, 6) is -0.611. The van der Waals surface area contributed by atoms with E-state index in [1.165, 1.54) is 0 Å². The fourth-order valence-electron chi connectivity index (χ4n) is 3.35. The summed E-state index contributed by atoms with van der Waals surface area (Å²) in [7, 11) is -2.73. The first kappa shape index (κ1) is 33.9. The third kappa shape index (κ3) is 9.89. The van der Waals surface area contributed by atoms with Crippen LogP contribution in [-0.4, -0.2) is 59.6 Å². The Hall–Kier alpha value is -0.0982. The maximum atomic E-state index is 13.1. The highest BCUT2D eigenvalue weighted by atomic mass is 32.2. The fourth-order valence-corrected chi connectivity index (χ4v) is 5.59. The van der Waals surface area contributed by atoms with Crippen LogP contribution in [0.2, 0.25) is 18.1 Å². The molecule has 10 heteroatoms. The van der Waals surface area contributed by atoms with Crippen LogP contribution in [0.3, 0.4) is 0 Å². The minimum Gasteiger partial charge on any atom is -0.598 e. The van der Waals surface area contributed by atoms with Crippen molar-refractivity contribution in [1.82, 2.24) is 4.72 Å². The minimum atomic E-state index is -2.16. The van der Waals surface area contributed by atoms with Gasteiger partial charge in [0.05, 0.1) is 29.7 Å². The number of ether oxygens (including phenoxy) is 1. The molecule has 0 saturated carbocycles. The molecule has 0 amide bonds. The number of nitrogens with one attached hydrogen (secondary N) is 1. The van der Waals surface area contributed by atoms with Crippen molar-refractivity contribution in [3.8, 4) is 0 Å². The Morgan fingerprint density at radius 3 is 1.83 bits per heavy atom. The Bertz CT molecular complexity index is 726. The summed E-state index contributed by atoms with van der Waals surface area (Å²) in [4.78, 5) is 12.8. The summed E-state index contributed by atoms with van der Waals surface area (Å²) in [6, 6.07) is 0. The van der Waals surface area contributed by atoms with E-state index in [4.69, 9.17) is 18.5 Å². The van der Waals surface area contributed by atoms with Crippen molar-refractivity contribution in [3.05, 3.63) is 0 Å². The lowest BCUT2D eigenvalue weighted by Gasteiger charge is -2.39. The summed E-state index contributed by atoms with van der Waals surface area (Å²) in [5, 5.41) is -0.00368. The molecule has 36 heavy (non-hydrogen) atoms. The predicted octanol–water partition coefficient (Wildman–Crippen LogP) is 5.94. The Kier molecular flexibility index (Phi) is 10.9. The van der Waals surface area contributed by atoms with E-state index in [-0.39, 0.29) is 29.5 Å². The van der Waals surface area contributed by atoms with E-state index in [1.54, 1.807) is 0 Å². The van der Waals surface area contributed by atoms with Crippen LogP contribution in [0.4, 0.5) is 0 Å². The zero-order valence-electron chi connectivity index (χ0n) is 25.7. The fraction of sp³-hybridized carbons (Fsp3) is 0.962. The highest BCUT2D eigenvalue weighted by Gasteiger charge is 2.55. The molecule has 0 aromatic rings. The van der Waals surface area contributed by atoms with Crippen molar-refractivity contribution < 1.29 is 27.8 Å². The lowest BCUT2D eigenvalue weighted by molar-refractivity contribution is -0.156. The zero-order valence-corrected chi connectivity index (χ0v) is 27.5. The SMILES string of the molecule is CC(C)(C)OC(=O)C[C@H](CCC(N[S+]([O-])C(C)(C)C)B1OC(C)(C)C(C)(C)O1)O[Si](C)(C)C(C)(C)C. The lowest BCUT2D eigenvalue weighted by atomic mass is 9.76. The molecule has 1 N–H and O–H groups in total. The first-order chi connectivity index (χ1) is 15.8. The van der Waals surface area contributed by atoms with Gasteiger partial charge in [-0.05, 0) is 100 Å². The maximum absolute atomic E-state index is 13.1. The average molecular weight is 548 g/mol. The van der Waals surface area contributed by atoms with E-state index in [1.807, 2.05) is 69.2 Å². The van der Waals surface area contributed by atoms with Gasteiger partial charge in [-0.25, -0.2) is 0 Å². The molecular formula is C26H54BNO6SSi. The highest BCUT2D eigenvalue weighted by Crippen LogP contribution is 2.40. The molecule has 0 aliphatic carbocycles. The summed E-state index contributed by atoms with van der Waals surface area (Å²) >= 11 is -1.32. The molecule has 0 spiro atoms. The first-order valence-electron chi connectivity index (χ1n) is 13.2. The molecule has 7 nitrogen and oxygen atoms in total. The van der Waals surface area contributed by atoms with Crippen LogP contribution in [0.1, 0.15) is 109 Å². The molecule has 1 heterocycles. The molecule has 1 saturated heterocycles. The van der Waals surface area contributed by atoms with Gasteiger partial charge in [-0.1, -0.05) is 20.8 Å². The Balaban J connectivity index is 3.17. The van der Waals surface area contributed by atoms with Gasteiger partial charge in [0.15, 0.2) is 8.32 Å². The van der Waals surface area contributed by atoms with Gasteiger partial charge in [-0.3, -0.25) is 4.79 Å². The van der Waals surface area contributed by atoms with Gasteiger partial charge >= 0.3 is 13.1 Å². The van der Waals surface area contributed by atoms with Gasteiger partial charge in [-0.15, -0.1) is 4.72 Å². The van der Waals surface area contributed by atoms with E-state index in [9.17, 15) is 9.35 Å². The quantitative estimate of drug-likeness (QED) is 0.206. The summed E-state index contributed by atoms with van der Waals surface area (Å²) in [6.07, 6.45) is 0.994. The van der Waals surface area contributed by atoms with Gasteiger partial charge in [0.1, 0.15) is 10.3 Å². The van der Waals surface area contributed by atoms with E-state index in [0.717, 1.165) is 0 Å². The van der Waals surface area contributed by atoms with Gasteiger partial charge < -0.3 is 23.0 Å².